The molecule has 1 aromatic carbocycles. The maximum atomic E-state index is 14.9. The van der Waals surface area contributed by atoms with Gasteiger partial charge in [0.25, 0.3) is 0 Å². The fraction of sp³-hybridized carbons (Fsp3) is 0.381. The Kier molecular flexibility index (Phi) is 4.48. The highest BCUT2D eigenvalue weighted by molar-refractivity contribution is 7.22. The zero-order valence-electron chi connectivity index (χ0n) is 16.7. The van der Waals surface area contributed by atoms with Gasteiger partial charge in [0.05, 0.1) is 22.3 Å². The van der Waals surface area contributed by atoms with E-state index in [9.17, 15) is 4.39 Å². The van der Waals surface area contributed by atoms with E-state index in [2.05, 4.69) is 39.3 Å². The molecule has 1 aliphatic rings. The number of nitrogens with one attached hydrogen (secondary N) is 1. The molecule has 0 radical (unpaired) electrons. The van der Waals surface area contributed by atoms with Crippen molar-refractivity contribution in [1.82, 2.24) is 24.9 Å². The van der Waals surface area contributed by atoms with E-state index in [1.165, 1.54) is 17.4 Å². The molecular weight excluding hydrogens is 387 g/mol. The molecule has 5 rings (SSSR count). The van der Waals surface area contributed by atoms with Gasteiger partial charge in [-0.2, -0.15) is 5.10 Å². The van der Waals surface area contributed by atoms with Crippen molar-refractivity contribution in [3.05, 3.63) is 42.0 Å². The van der Waals surface area contributed by atoms with E-state index < -0.39 is 0 Å². The maximum absolute atomic E-state index is 14.9. The minimum atomic E-state index is -0.309. The van der Waals surface area contributed by atoms with Crippen LogP contribution in [0, 0.1) is 12.7 Å². The first-order chi connectivity index (χ1) is 14.0. The van der Waals surface area contributed by atoms with E-state index in [0.29, 0.717) is 23.3 Å². The molecule has 1 aliphatic heterocycles. The first kappa shape index (κ1) is 18.4. The number of nitrogens with zero attached hydrogens (tertiary/aromatic N) is 5. The standard InChI is InChI=1S/C21H23FN6S/c1-12-8-15(6-7-23-12)27(3)21-25-20-16(22)9-14(10-18(20)29-21)17-4-5-19-24-13(2)11-28(19)26-17/h4-5,9-12,15,23H,6-8H2,1-3H3/t12-,15+/m0/s1. The summed E-state index contributed by atoms with van der Waals surface area (Å²) in [7, 11) is 2.07. The highest BCUT2D eigenvalue weighted by Crippen LogP contribution is 2.35. The molecule has 6 nitrogen and oxygen atoms in total. The van der Waals surface area contributed by atoms with E-state index in [4.69, 9.17) is 0 Å². The SMILES string of the molecule is Cc1cn2nc(-c3cc(F)c4nc(N(C)[C@@H]5CCN[C@@H](C)C5)sc4c3)ccc2n1. The molecule has 29 heavy (non-hydrogen) atoms. The summed E-state index contributed by atoms with van der Waals surface area (Å²) in [6, 6.07) is 8.20. The Balaban J connectivity index is 1.52. The van der Waals surface area contributed by atoms with Gasteiger partial charge in [-0.05, 0) is 57.5 Å². The second-order valence-corrected chi connectivity index (χ2v) is 8.86. The first-order valence-corrected chi connectivity index (χ1v) is 10.7. The lowest BCUT2D eigenvalue weighted by Crippen LogP contribution is -2.45. The number of rotatable bonds is 3. The highest BCUT2D eigenvalue weighted by Gasteiger charge is 2.24. The largest absolute Gasteiger partial charge is 0.348 e. The maximum Gasteiger partial charge on any atom is 0.186 e. The lowest BCUT2D eigenvalue weighted by atomic mass is 10.00. The summed E-state index contributed by atoms with van der Waals surface area (Å²) in [5.74, 6) is -0.309. The van der Waals surface area contributed by atoms with Gasteiger partial charge in [0.1, 0.15) is 5.52 Å². The van der Waals surface area contributed by atoms with Gasteiger partial charge in [-0.15, -0.1) is 0 Å². The Labute approximate surface area is 172 Å². The van der Waals surface area contributed by atoms with Crippen LogP contribution in [0.4, 0.5) is 9.52 Å². The normalized spacial score (nSPS) is 19.9. The number of hydrogen-bond donors (Lipinski definition) is 1. The van der Waals surface area contributed by atoms with E-state index in [0.717, 1.165) is 46.1 Å². The van der Waals surface area contributed by atoms with Crippen LogP contribution in [-0.4, -0.2) is 45.3 Å². The molecule has 1 N–H and O–H groups in total. The summed E-state index contributed by atoms with van der Waals surface area (Å²) in [5.41, 5.74) is 3.58. The molecule has 0 spiro atoms. The predicted molar refractivity (Wildman–Crippen MR) is 115 cm³/mol. The summed E-state index contributed by atoms with van der Waals surface area (Å²) < 4.78 is 17.5. The van der Waals surface area contributed by atoms with E-state index in [1.54, 1.807) is 4.52 Å². The molecule has 0 aliphatic carbocycles. The van der Waals surface area contributed by atoms with Crippen LogP contribution < -0.4 is 10.2 Å². The molecule has 0 unspecified atom stereocenters. The Bertz CT molecular complexity index is 1200. The van der Waals surface area contributed by atoms with E-state index in [1.807, 2.05) is 31.3 Å². The Morgan fingerprint density at radius 2 is 2.14 bits per heavy atom. The van der Waals surface area contributed by atoms with Crippen LogP contribution in [0.25, 0.3) is 27.1 Å². The number of thiazole rings is 1. The summed E-state index contributed by atoms with van der Waals surface area (Å²) >= 11 is 1.54. The molecule has 0 saturated carbocycles. The third-order valence-corrected chi connectivity index (χ3v) is 6.71. The second kappa shape index (κ2) is 7.03. The number of aryl methyl sites for hydroxylation is 1. The predicted octanol–water partition coefficient (Wildman–Crippen LogP) is 4.03. The van der Waals surface area contributed by atoms with Crippen LogP contribution in [-0.2, 0) is 0 Å². The van der Waals surface area contributed by atoms with E-state index in [-0.39, 0.29) is 5.82 Å². The average molecular weight is 411 g/mol. The number of imidazole rings is 1. The van der Waals surface area contributed by atoms with Crippen LogP contribution >= 0.6 is 11.3 Å². The van der Waals surface area contributed by atoms with Crippen LogP contribution in [0.5, 0.6) is 0 Å². The Morgan fingerprint density at radius 1 is 1.28 bits per heavy atom. The topological polar surface area (TPSA) is 58.4 Å². The smallest absolute Gasteiger partial charge is 0.186 e. The van der Waals surface area contributed by atoms with Gasteiger partial charge >= 0.3 is 0 Å². The van der Waals surface area contributed by atoms with Gasteiger partial charge in [-0.25, -0.2) is 18.9 Å². The lowest BCUT2D eigenvalue weighted by molar-refractivity contribution is 0.371. The molecule has 4 heterocycles. The van der Waals surface area contributed by atoms with Gasteiger partial charge in [-0.1, -0.05) is 11.3 Å². The van der Waals surface area contributed by atoms with Crippen molar-refractivity contribution >= 4 is 32.3 Å². The van der Waals surface area contributed by atoms with Crippen molar-refractivity contribution in [3.8, 4) is 11.3 Å². The molecule has 2 atom stereocenters. The Morgan fingerprint density at radius 3 is 2.97 bits per heavy atom. The second-order valence-electron chi connectivity index (χ2n) is 7.85. The van der Waals surface area contributed by atoms with Crippen molar-refractivity contribution in [1.29, 1.82) is 0 Å². The lowest BCUT2D eigenvalue weighted by Gasteiger charge is -2.34. The minimum absolute atomic E-state index is 0.309. The zero-order valence-corrected chi connectivity index (χ0v) is 17.5. The van der Waals surface area contributed by atoms with Crippen molar-refractivity contribution in [2.45, 2.75) is 38.8 Å². The summed E-state index contributed by atoms with van der Waals surface area (Å²) in [6.45, 7) is 5.13. The van der Waals surface area contributed by atoms with Gasteiger partial charge in [0, 0.05) is 24.7 Å². The zero-order chi connectivity index (χ0) is 20.1. The van der Waals surface area contributed by atoms with Crippen LogP contribution in [0.1, 0.15) is 25.5 Å². The molecule has 8 heteroatoms. The quantitative estimate of drug-likeness (QED) is 0.553. The van der Waals surface area contributed by atoms with Crippen LogP contribution in [0.15, 0.2) is 30.5 Å². The van der Waals surface area contributed by atoms with Crippen molar-refractivity contribution in [3.63, 3.8) is 0 Å². The fourth-order valence-electron chi connectivity index (χ4n) is 4.04. The van der Waals surface area contributed by atoms with Gasteiger partial charge < -0.3 is 10.2 Å². The van der Waals surface area contributed by atoms with Gasteiger partial charge in [0.15, 0.2) is 16.6 Å². The van der Waals surface area contributed by atoms with Crippen LogP contribution in [0.3, 0.4) is 0 Å². The minimum Gasteiger partial charge on any atom is -0.348 e. The van der Waals surface area contributed by atoms with Gasteiger partial charge in [0.2, 0.25) is 0 Å². The van der Waals surface area contributed by atoms with E-state index >= 15 is 0 Å². The summed E-state index contributed by atoms with van der Waals surface area (Å²) in [4.78, 5) is 11.2. The van der Waals surface area contributed by atoms with Gasteiger partial charge in [-0.3, -0.25) is 0 Å². The molecule has 1 saturated heterocycles. The van der Waals surface area contributed by atoms with Crippen LogP contribution in [0.2, 0.25) is 0 Å². The molecule has 1 fully saturated rings. The molecule has 0 bridgehead atoms. The number of fused-ring (bicyclic) bond motifs is 2. The fourth-order valence-corrected chi connectivity index (χ4v) is 5.10. The molecule has 4 aromatic rings. The number of piperidine rings is 1. The average Bonchev–Trinajstić information content (AvgIpc) is 3.29. The van der Waals surface area contributed by atoms with Crippen molar-refractivity contribution in [2.24, 2.45) is 0 Å². The monoisotopic (exact) mass is 410 g/mol. The third kappa shape index (κ3) is 3.36. The number of aromatic nitrogens is 4. The third-order valence-electron chi connectivity index (χ3n) is 5.62. The highest BCUT2D eigenvalue weighted by atomic mass is 32.1. The molecule has 150 valence electrons. The Hall–Kier alpha value is -2.58. The number of anilines is 1. The van der Waals surface area contributed by atoms with Crippen molar-refractivity contribution < 1.29 is 4.39 Å². The summed E-state index contributed by atoms with van der Waals surface area (Å²) in [5, 5.41) is 8.93. The number of benzene rings is 1. The summed E-state index contributed by atoms with van der Waals surface area (Å²) in [6.07, 6.45) is 4.00. The number of hydrogen-bond acceptors (Lipinski definition) is 6. The molecule has 3 aromatic heterocycles. The number of halogens is 1. The van der Waals surface area contributed by atoms with Crippen molar-refractivity contribution in [2.75, 3.05) is 18.5 Å². The molecule has 0 amide bonds. The molecular formula is C21H23FN6S. The first-order valence-electron chi connectivity index (χ1n) is 9.87.